The van der Waals surface area contributed by atoms with Gasteiger partial charge < -0.3 is 0 Å². The van der Waals surface area contributed by atoms with Crippen molar-refractivity contribution < 1.29 is 12.6 Å². The first kappa shape index (κ1) is 7.31. The number of hydrogen-bond donors (Lipinski definition) is 0. The van der Waals surface area contributed by atoms with Gasteiger partial charge in [-0.2, -0.15) is 8.42 Å². The smallest absolute Gasteiger partial charge is 0.267 e. The van der Waals surface area contributed by atoms with Gasteiger partial charge >= 0.3 is 0 Å². The minimum Gasteiger partial charge on any atom is -0.270 e. The summed E-state index contributed by atoms with van der Waals surface area (Å²) in [4.78, 5) is 0. The quantitative estimate of drug-likeness (QED) is 0.417. The molecule has 1 atom stereocenters. The molecule has 1 aliphatic heterocycles. The molecule has 0 unspecified atom stereocenters. The van der Waals surface area contributed by atoms with E-state index < -0.39 is 10.1 Å². The molecule has 1 saturated heterocycles. The number of halogens is 1. The van der Waals surface area contributed by atoms with Gasteiger partial charge in [0.1, 0.15) is 0 Å². The molecule has 1 aliphatic rings. The minimum atomic E-state index is -3.19. The van der Waals surface area contributed by atoms with Crippen LogP contribution >= 0.6 is 11.6 Å². The molecule has 0 aromatic rings. The van der Waals surface area contributed by atoms with E-state index in [0.29, 0.717) is 5.88 Å². The lowest BCUT2D eigenvalue weighted by molar-refractivity contribution is 0.323. The van der Waals surface area contributed by atoms with Crippen molar-refractivity contribution in [3.8, 4) is 0 Å². The van der Waals surface area contributed by atoms with Crippen LogP contribution in [0.1, 0.15) is 0 Å². The SMILES string of the molecule is O=S1(=O)C[C@H](CCl)CO1. The first-order valence-electron chi connectivity index (χ1n) is 2.57. The average molecular weight is 171 g/mol. The molecule has 0 amide bonds. The zero-order valence-electron chi connectivity index (χ0n) is 4.71. The Morgan fingerprint density at radius 2 is 2.33 bits per heavy atom. The lowest BCUT2D eigenvalue weighted by Crippen LogP contribution is -2.06. The Balaban J connectivity index is 2.58. The van der Waals surface area contributed by atoms with Crippen LogP contribution in [0.2, 0.25) is 0 Å². The third kappa shape index (κ3) is 1.81. The molecule has 1 heterocycles. The van der Waals surface area contributed by atoms with Gasteiger partial charge in [0.2, 0.25) is 0 Å². The first-order chi connectivity index (χ1) is 4.14. The van der Waals surface area contributed by atoms with Crippen LogP contribution in [0.15, 0.2) is 0 Å². The fraction of sp³-hybridized carbons (Fsp3) is 1.00. The summed E-state index contributed by atoms with van der Waals surface area (Å²) in [6.45, 7) is 0.256. The molecule has 0 N–H and O–H groups in total. The molecule has 1 fully saturated rings. The number of rotatable bonds is 1. The zero-order chi connectivity index (χ0) is 6.91. The molecule has 0 aromatic carbocycles. The maximum absolute atomic E-state index is 10.5. The summed E-state index contributed by atoms with van der Waals surface area (Å²) >= 11 is 5.39. The molecule has 5 heteroatoms. The Labute approximate surface area is 59.1 Å². The van der Waals surface area contributed by atoms with Crippen molar-refractivity contribution in [1.29, 1.82) is 0 Å². The summed E-state index contributed by atoms with van der Waals surface area (Å²) in [5, 5.41) is 0. The molecule has 0 radical (unpaired) electrons. The van der Waals surface area contributed by atoms with Crippen LogP contribution in [0.25, 0.3) is 0 Å². The van der Waals surface area contributed by atoms with Crippen molar-refractivity contribution in [3.05, 3.63) is 0 Å². The van der Waals surface area contributed by atoms with E-state index in [1.807, 2.05) is 0 Å². The standard InChI is InChI=1S/C4H7ClO3S/c5-1-4-2-8-9(6,7)3-4/h4H,1-3H2/t4-/m1/s1. The summed E-state index contributed by atoms with van der Waals surface area (Å²) in [6, 6.07) is 0. The van der Waals surface area contributed by atoms with E-state index >= 15 is 0 Å². The molecule has 0 aliphatic carbocycles. The molecule has 3 nitrogen and oxygen atoms in total. The predicted octanol–water partition coefficient (Wildman–Crippen LogP) is 0.201. The van der Waals surface area contributed by atoms with E-state index in [4.69, 9.17) is 11.6 Å². The van der Waals surface area contributed by atoms with Crippen LogP contribution < -0.4 is 0 Å². The van der Waals surface area contributed by atoms with Gasteiger partial charge in [-0.05, 0) is 0 Å². The van der Waals surface area contributed by atoms with E-state index in [9.17, 15) is 8.42 Å². The predicted molar refractivity (Wildman–Crippen MR) is 33.9 cm³/mol. The van der Waals surface area contributed by atoms with Crippen LogP contribution in [0.4, 0.5) is 0 Å². The summed E-state index contributed by atoms with van der Waals surface area (Å²) in [7, 11) is -3.19. The number of hydrogen-bond acceptors (Lipinski definition) is 3. The summed E-state index contributed by atoms with van der Waals surface area (Å²) in [5.41, 5.74) is 0. The van der Waals surface area contributed by atoms with Gasteiger partial charge in [-0.3, -0.25) is 4.18 Å². The molecule has 0 spiro atoms. The Bertz CT molecular complexity index is 186. The van der Waals surface area contributed by atoms with Crippen LogP contribution in [-0.2, 0) is 14.3 Å². The van der Waals surface area contributed by atoms with E-state index in [0.717, 1.165) is 0 Å². The molecule has 9 heavy (non-hydrogen) atoms. The Morgan fingerprint density at radius 1 is 1.67 bits per heavy atom. The second kappa shape index (κ2) is 2.44. The maximum Gasteiger partial charge on any atom is 0.267 e. The maximum atomic E-state index is 10.5. The average Bonchev–Trinajstić information content (AvgIpc) is 2.10. The Kier molecular flexibility index (Phi) is 1.98. The van der Waals surface area contributed by atoms with Crippen LogP contribution in [0, 0.1) is 5.92 Å². The normalized spacial score (nSPS) is 32.8. The first-order valence-corrected chi connectivity index (χ1v) is 4.68. The highest BCUT2D eigenvalue weighted by Gasteiger charge is 2.27. The van der Waals surface area contributed by atoms with Gasteiger partial charge in [0.15, 0.2) is 0 Å². The van der Waals surface area contributed by atoms with Gasteiger partial charge in [0, 0.05) is 11.8 Å². The topological polar surface area (TPSA) is 43.4 Å². The van der Waals surface area contributed by atoms with Crippen molar-refractivity contribution in [2.75, 3.05) is 18.2 Å². The second-order valence-electron chi connectivity index (χ2n) is 2.03. The van der Waals surface area contributed by atoms with Gasteiger partial charge in [0.25, 0.3) is 10.1 Å². The van der Waals surface area contributed by atoms with Crippen molar-refractivity contribution in [2.24, 2.45) is 5.92 Å². The molecule has 54 valence electrons. The van der Waals surface area contributed by atoms with Gasteiger partial charge in [-0.15, -0.1) is 11.6 Å². The van der Waals surface area contributed by atoms with Crippen molar-refractivity contribution in [2.45, 2.75) is 0 Å². The van der Waals surface area contributed by atoms with E-state index in [-0.39, 0.29) is 18.3 Å². The third-order valence-corrected chi connectivity index (χ3v) is 2.95. The van der Waals surface area contributed by atoms with Gasteiger partial charge in [-0.1, -0.05) is 0 Å². The van der Waals surface area contributed by atoms with Crippen LogP contribution in [0.3, 0.4) is 0 Å². The van der Waals surface area contributed by atoms with Gasteiger partial charge in [-0.25, -0.2) is 0 Å². The molecule has 0 aromatic heterocycles. The van der Waals surface area contributed by atoms with Crippen molar-refractivity contribution in [3.63, 3.8) is 0 Å². The summed E-state index contributed by atoms with van der Waals surface area (Å²) in [6.07, 6.45) is 0. The summed E-state index contributed by atoms with van der Waals surface area (Å²) < 4.78 is 25.5. The molecule has 0 saturated carbocycles. The Hall–Kier alpha value is 0.200. The summed E-state index contributed by atoms with van der Waals surface area (Å²) in [5.74, 6) is 0.437. The molecule has 1 rings (SSSR count). The highest BCUT2D eigenvalue weighted by molar-refractivity contribution is 7.86. The van der Waals surface area contributed by atoms with E-state index in [2.05, 4.69) is 4.18 Å². The third-order valence-electron chi connectivity index (χ3n) is 1.14. The monoisotopic (exact) mass is 170 g/mol. The highest BCUT2D eigenvalue weighted by atomic mass is 35.5. The largest absolute Gasteiger partial charge is 0.270 e. The van der Waals surface area contributed by atoms with E-state index in [1.165, 1.54) is 0 Å². The minimum absolute atomic E-state index is 0.00309. The molecule has 0 bridgehead atoms. The highest BCUT2D eigenvalue weighted by Crippen LogP contribution is 2.15. The van der Waals surface area contributed by atoms with Crippen molar-refractivity contribution >= 4 is 21.7 Å². The lowest BCUT2D eigenvalue weighted by Gasteiger charge is -1.93. The second-order valence-corrected chi connectivity index (χ2v) is 4.02. The fourth-order valence-electron chi connectivity index (χ4n) is 0.674. The molecular weight excluding hydrogens is 164 g/mol. The van der Waals surface area contributed by atoms with Gasteiger partial charge in [0.05, 0.1) is 12.4 Å². The number of alkyl halides is 1. The van der Waals surface area contributed by atoms with Crippen molar-refractivity contribution in [1.82, 2.24) is 0 Å². The molecular formula is C4H7ClO3S. The van der Waals surface area contributed by atoms with Crippen LogP contribution in [-0.4, -0.2) is 26.7 Å². The zero-order valence-corrected chi connectivity index (χ0v) is 6.28. The lowest BCUT2D eigenvalue weighted by atomic mass is 10.2. The Morgan fingerprint density at radius 3 is 2.56 bits per heavy atom. The fourth-order valence-corrected chi connectivity index (χ4v) is 2.29. The van der Waals surface area contributed by atoms with E-state index in [1.54, 1.807) is 0 Å². The van der Waals surface area contributed by atoms with Crippen LogP contribution in [0.5, 0.6) is 0 Å².